The van der Waals surface area contributed by atoms with E-state index in [2.05, 4.69) is 0 Å². The molecule has 0 unspecified atom stereocenters. The number of carbonyl (C=O) groups is 2. The molecule has 7 heavy (non-hydrogen) atoms. The summed E-state index contributed by atoms with van der Waals surface area (Å²) in [6, 6.07) is 0. The van der Waals surface area contributed by atoms with Crippen molar-refractivity contribution in [1.82, 2.24) is 0 Å². The molecule has 0 aromatic rings. The van der Waals surface area contributed by atoms with E-state index in [-0.39, 0.29) is 0 Å². The van der Waals surface area contributed by atoms with E-state index in [0.29, 0.717) is 0 Å². The second-order valence-electron chi connectivity index (χ2n) is 0.964. The summed E-state index contributed by atoms with van der Waals surface area (Å²) >= 11 is -2.26. The van der Waals surface area contributed by atoms with Gasteiger partial charge in [0.2, 0.25) is 0 Å². The van der Waals surface area contributed by atoms with Crippen molar-refractivity contribution in [3.05, 3.63) is 0 Å². The first kappa shape index (κ1) is 6.56. The second kappa shape index (κ2) is 2.69. The van der Waals surface area contributed by atoms with Crippen LogP contribution in [0.3, 0.4) is 0 Å². The first-order valence-corrected chi connectivity index (χ1v) is 4.53. The number of rotatable bonds is 2. The Labute approximate surface area is 46.7 Å². The van der Waals surface area contributed by atoms with Gasteiger partial charge in [-0.3, -0.25) is 0 Å². The summed E-state index contributed by atoms with van der Waals surface area (Å²) in [5.41, 5.74) is 0. The Bertz CT molecular complexity index is 85.9. The van der Waals surface area contributed by atoms with Gasteiger partial charge in [0.15, 0.2) is 0 Å². The van der Waals surface area contributed by atoms with Crippen LogP contribution in [0.1, 0.15) is 0 Å². The molecule has 0 radical (unpaired) electrons. The van der Waals surface area contributed by atoms with Gasteiger partial charge in [0, 0.05) is 0 Å². The van der Waals surface area contributed by atoms with Crippen LogP contribution in [0.15, 0.2) is 0 Å². The molecular weight excluding hydrogens is 153 g/mol. The van der Waals surface area contributed by atoms with Crippen LogP contribution in [0.2, 0.25) is 0 Å². The molecule has 0 atom stereocenters. The molecule has 5 heteroatoms. The fourth-order valence-corrected chi connectivity index (χ4v) is 0.672. The molecule has 0 aliphatic carbocycles. The van der Waals surface area contributed by atoms with Gasteiger partial charge < -0.3 is 0 Å². The van der Waals surface area contributed by atoms with E-state index in [1.165, 1.54) is 0 Å². The fraction of sp³-hybridized carbons (Fsp3) is 0. The maximum atomic E-state index is 9.51. The van der Waals surface area contributed by atoms with Gasteiger partial charge in [0.05, 0.1) is 0 Å². The van der Waals surface area contributed by atoms with Crippen LogP contribution in [-0.4, -0.2) is 19.3 Å². The molecule has 0 saturated heterocycles. The topological polar surface area (TPSA) is 74.6 Å². The fourth-order valence-electron chi connectivity index (χ4n) is 0.129. The average Bonchev–Trinajstić information content (AvgIpc) is 1.27. The van der Waals surface area contributed by atoms with E-state index in [9.17, 15) is 9.59 Å². The van der Waals surface area contributed by atoms with Crippen molar-refractivity contribution in [1.29, 1.82) is 0 Å². The summed E-state index contributed by atoms with van der Waals surface area (Å²) < 4.78 is -2.25. The Morgan fingerprint density at radius 2 is 1.43 bits per heavy atom. The molecule has 4 nitrogen and oxygen atoms in total. The third-order valence-electron chi connectivity index (χ3n) is 0.302. The molecule has 0 aliphatic heterocycles. The van der Waals surface area contributed by atoms with Crippen molar-refractivity contribution in [3.63, 3.8) is 0 Å². The minimum absolute atomic E-state index is 1.12. The van der Waals surface area contributed by atoms with Gasteiger partial charge in [-0.05, 0) is 0 Å². The van der Waals surface area contributed by atoms with Crippen LogP contribution >= 0.6 is 0 Å². The van der Waals surface area contributed by atoms with Crippen molar-refractivity contribution < 1.29 is 36.9 Å². The molecule has 0 aliphatic rings. The summed E-state index contributed by atoms with van der Waals surface area (Å²) in [6.45, 7) is 0. The van der Waals surface area contributed by atoms with Gasteiger partial charge in [0.25, 0.3) is 0 Å². The Balaban J connectivity index is 3.32. The zero-order chi connectivity index (χ0) is 5.86. The van der Waals surface area contributed by atoms with Crippen LogP contribution < -0.4 is 0 Å². The van der Waals surface area contributed by atoms with Crippen molar-refractivity contribution in [2.24, 2.45) is 0 Å². The second-order valence-corrected chi connectivity index (χ2v) is 4.24. The molecule has 0 fully saturated rings. The molecule has 0 bridgehead atoms. The first-order chi connectivity index (χ1) is 3.13. The quantitative estimate of drug-likeness (QED) is 0.567. The van der Waals surface area contributed by atoms with Crippen LogP contribution in [0, 0.1) is 0 Å². The standard InChI is InChI=1S/2CHO2.Zn/c2*2-1-3;/h2*(H,2,3);. The molecule has 2 N–H and O–H groups in total. The Hall–Kier alpha value is -0.437. The van der Waals surface area contributed by atoms with Crippen LogP contribution in [-0.2, 0) is 17.1 Å². The van der Waals surface area contributed by atoms with Crippen molar-refractivity contribution in [2.75, 3.05) is 0 Å². The Morgan fingerprint density at radius 3 is 1.43 bits per heavy atom. The number of carboxylic acid groups (broad SMARTS) is 2. The van der Waals surface area contributed by atoms with Gasteiger partial charge in [-0.15, -0.1) is 0 Å². The van der Waals surface area contributed by atoms with E-state index >= 15 is 0 Å². The van der Waals surface area contributed by atoms with Gasteiger partial charge in [0.1, 0.15) is 0 Å². The molecule has 36 valence electrons. The van der Waals surface area contributed by atoms with Gasteiger partial charge in [-0.2, -0.15) is 0 Å². The van der Waals surface area contributed by atoms with E-state index < -0.39 is 26.3 Å². The first-order valence-electron chi connectivity index (χ1n) is 1.56. The van der Waals surface area contributed by atoms with Gasteiger partial charge in [-0.1, -0.05) is 0 Å². The van der Waals surface area contributed by atoms with Crippen molar-refractivity contribution >= 4 is 9.13 Å². The Kier molecular flexibility index (Phi) is 2.52. The summed E-state index contributed by atoms with van der Waals surface area (Å²) in [5.74, 6) is 0. The Morgan fingerprint density at radius 1 is 1.14 bits per heavy atom. The molecule has 0 aromatic carbocycles. The van der Waals surface area contributed by atoms with Crippen LogP contribution in [0.4, 0.5) is 9.59 Å². The summed E-state index contributed by atoms with van der Waals surface area (Å²) in [7, 11) is 0. The average molecular weight is 155 g/mol. The molecule has 0 heterocycles. The van der Waals surface area contributed by atoms with Crippen LogP contribution in [0.25, 0.3) is 0 Å². The van der Waals surface area contributed by atoms with Crippen LogP contribution in [0.5, 0.6) is 0 Å². The molecule has 0 spiro atoms. The SMILES string of the molecule is O=[C](O)[Zn][C](=O)O. The van der Waals surface area contributed by atoms with Gasteiger partial charge >= 0.3 is 46.1 Å². The third kappa shape index (κ3) is 5.56. The predicted molar refractivity (Wildman–Crippen MR) is 16.0 cm³/mol. The third-order valence-corrected chi connectivity index (χ3v) is 1.57. The van der Waals surface area contributed by atoms with Crippen molar-refractivity contribution in [2.45, 2.75) is 0 Å². The zero-order valence-corrected chi connectivity index (χ0v) is 6.39. The number of hydrogen-bond donors (Lipinski definition) is 2. The van der Waals surface area contributed by atoms with E-state index in [1.807, 2.05) is 0 Å². The summed E-state index contributed by atoms with van der Waals surface area (Å²) in [5, 5.41) is 15.6. The van der Waals surface area contributed by atoms with Crippen molar-refractivity contribution in [3.8, 4) is 0 Å². The van der Waals surface area contributed by atoms with Gasteiger partial charge in [-0.25, -0.2) is 0 Å². The normalized spacial score (nSPS) is 6.86. The summed E-state index contributed by atoms with van der Waals surface area (Å²) in [4.78, 5) is 19.0. The molecule has 0 rings (SSSR count). The zero-order valence-electron chi connectivity index (χ0n) is 3.42. The van der Waals surface area contributed by atoms with E-state index in [1.54, 1.807) is 0 Å². The van der Waals surface area contributed by atoms with E-state index in [0.717, 1.165) is 0 Å². The maximum absolute atomic E-state index is 9.51. The van der Waals surface area contributed by atoms with E-state index in [4.69, 9.17) is 10.2 Å². The molecule has 0 amide bonds. The minimum atomic E-state index is -2.26. The molecular formula is C2H2O4Zn. The monoisotopic (exact) mass is 154 g/mol. The predicted octanol–water partition coefficient (Wildman–Crippen LogP) is 0.425. The molecule has 0 aromatic heterocycles. The number of hydrogen-bond acceptors (Lipinski definition) is 2. The molecule has 0 saturated carbocycles. The summed E-state index contributed by atoms with van der Waals surface area (Å²) in [6.07, 6.45) is 0.